The average molecular weight is 414 g/mol. The number of hydrogen-bond acceptors (Lipinski definition) is 5. The number of carboxylic acids is 1. The Morgan fingerprint density at radius 2 is 1.97 bits per heavy atom. The third-order valence-corrected chi connectivity index (χ3v) is 4.91. The molecular weight excluding hydrogens is 382 g/mol. The van der Waals surface area contributed by atoms with Crippen molar-refractivity contribution < 1.29 is 14.6 Å². The van der Waals surface area contributed by atoms with Crippen LogP contribution in [0.25, 0.3) is 0 Å². The monoisotopic (exact) mass is 413 g/mol. The number of rotatable bonds is 10. The van der Waals surface area contributed by atoms with Gasteiger partial charge in [-0.2, -0.15) is 0 Å². The molecule has 1 atom stereocenters. The summed E-state index contributed by atoms with van der Waals surface area (Å²) in [4.78, 5) is 30.8. The first-order chi connectivity index (χ1) is 14.2. The molecule has 162 valence electrons. The summed E-state index contributed by atoms with van der Waals surface area (Å²) in [7, 11) is 1.55. The lowest BCUT2D eigenvalue weighted by molar-refractivity contribution is -0.140. The van der Waals surface area contributed by atoms with Gasteiger partial charge in [-0.25, -0.2) is 0 Å². The summed E-state index contributed by atoms with van der Waals surface area (Å²) in [5.41, 5.74) is 5.10. The number of aromatic amines is 1. The molecule has 0 amide bonds. The molecular formula is C23H31N3O4. The fourth-order valence-electron chi connectivity index (χ4n) is 3.08. The van der Waals surface area contributed by atoms with Crippen LogP contribution in [-0.4, -0.2) is 41.5 Å². The number of carboxylic acid groups (broad SMARTS) is 1. The number of aliphatic carboxylic acids is 1. The maximum absolute atomic E-state index is 11.7. The molecule has 2 aromatic rings. The van der Waals surface area contributed by atoms with E-state index in [0.717, 1.165) is 28.1 Å². The Hall–Kier alpha value is -2.77. The zero-order valence-electron chi connectivity index (χ0n) is 18.3. The van der Waals surface area contributed by atoms with E-state index in [9.17, 15) is 14.7 Å². The van der Waals surface area contributed by atoms with Gasteiger partial charge in [-0.05, 0) is 49.4 Å². The van der Waals surface area contributed by atoms with Crippen molar-refractivity contribution in [3.05, 3.63) is 63.1 Å². The van der Waals surface area contributed by atoms with Crippen molar-refractivity contribution in [3.63, 3.8) is 0 Å². The van der Waals surface area contributed by atoms with Crippen LogP contribution in [0.4, 0.5) is 5.69 Å². The third kappa shape index (κ3) is 6.37. The molecule has 2 rings (SSSR count). The quantitative estimate of drug-likeness (QED) is 0.518. The van der Waals surface area contributed by atoms with Crippen LogP contribution < -0.4 is 10.9 Å². The molecule has 7 heteroatoms. The molecule has 3 N–H and O–H groups in total. The van der Waals surface area contributed by atoms with Crippen molar-refractivity contribution in [2.24, 2.45) is 10.9 Å². The van der Waals surface area contributed by atoms with E-state index in [-0.39, 0.29) is 11.5 Å². The second-order valence-corrected chi connectivity index (χ2v) is 7.73. The van der Waals surface area contributed by atoms with Crippen molar-refractivity contribution in [2.75, 3.05) is 13.7 Å². The number of aromatic nitrogens is 1. The first kappa shape index (κ1) is 23.5. The molecule has 1 heterocycles. The number of pyridine rings is 1. The Balaban J connectivity index is 2.30. The van der Waals surface area contributed by atoms with Gasteiger partial charge in [0.1, 0.15) is 6.04 Å². The van der Waals surface area contributed by atoms with Gasteiger partial charge >= 0.3 is 5.97 Å². The third-order valence-electron chi connectivity index (χ3n) is 4.91. The Kier molecular flexibility index (Phi) is 8.50. The van der Waals surface area contributed by atoms with Gasteiger partial charge in [-0.1, -0.05) is 26.0 Å². The fraction of sp³-hybridized carbons (Fsp3) is 0.435. The van der Waals surface area contributed by atoms with E-state index < -0.39 is 12.0 Å². The standard InChI is InChI=1S/C23H31N3O4/c1-14(2)21(18-10-16(4)22(27)25-13-18)26-20-11-17(7-6-15(20)3)12-24-19(23(28)29)8-9-30-5/h6-7,10-11,13-14,19,24H,8-9,12H2,1-5H3,(H,25,27)(H,28,29). The average Bonchev–Trinajstić information content (AvgIpc) is 2.69. The number of carbonyl (C=O) groups is 1. The topological polar surface area (TPSA) is 104 Å². The van der Waals surface area contributed by atoms with Crippen LogP contribution in [0.15, 0.2) is 40.2 Å². The molecule has 1 aromatic carbocycles. The molecule has 30 heavy (non-hydrogen) atoms. The summed E-state index contributed by atoms with van der Waals surface area (Å²) in [6.45, 7) is 8.69. The fourth-order valence-corrected chi connectivity index (χ4v) is 3.08. The van der Waals surface area contributed by atoms with E-state index >= 15 is 0 Å². The number of nitrogens with zero attached hydrogens (tertiary/aromatic N) is 1. The smallest absolute Gasteiger partial charge is 0.320 e. The van der Waals surface area contributed by atoms with Crippen LogP contribution >= 0.6 is 0 Å². The minimum atomic E-state index is -0.895. The molecule has 0 aliphatic heterocycles. The van der Waals surface area contributed by atoms with Crippen LogP contribution in [0.3, 0.4) is 0 Å². The molecule has 0 radical (unpaired) electrons. The zero-order valence-corrected chi connectivity index (χ0v) is 18.3. The Labute approximate surface area is 177 Å². The lowest BCUT2D eigenvalue weighted by atomic mass is 9.99. The lowest BCUT2D eigenvalue weighted by Gasteiger charge is -2.15. The van der Waals surface area contributed by atoms with E-state index in [1.54, 1.807) is 20.2 Å². The second kappa shape index (κ2) is 10.8. The first-order valence-corrected chi connectivity index (χ1v) is 10.1. The van der Waals surface area contributed by atoms with Gasteiger partial charge in [-0.15, -0.1) is 0 Å². The van der Waals surface area contributed by atoms with Crippen LogP contribution in [0.1, 0.15) is 42.5 Å². The lowest BCUT2D eigenvalue weighted by Crippen LogP contribution is -2.37. The first-order valence-electron chi connectivity index (χ1n) is 10.1. The van der Waals surface area contributed by atoms with Gasteiger partial charge in [0, 0.05) is 37.6 Å². The van der Waals surface area contributed by atoms with Crippen molar-refractivity contribution in [2.45, 2.75) is 46.7 Å². The highest BCUT2D eigenvalue weighted by molar-refractivity contribution is 6.03. The van der Waals surface area contributed by atoms with Gasteiger partial charge in [0.05, 0.1) is 11.4 Å². The molecule has 1 unspecified atom stereocenters. The van der Waals surface area contributed by atoms with Crippen molar-refractivity contribution in [1.82, 2.24) is 10.3 Å². The van der Waals surface area contributed by atoms with E-state index in [1.807, 2.05) is 31.2 Å². The van der Waals surface area contributed by atoms with Crippen molar-refractivity contribution in [3.8, 4) is 0 Å². The largest absolute Gasteiger partial charge is 0.480 e. The normalized spacial score (nSPS) is 12.9. The van der Waals surface area contributed by atoms with Crippen LogP contribution in [0.2, 0.25) is 0 Å². The Bertz CT molecular complexity index is 963. The van der Waals surface area contributed by atoms with Gasteiger partial charge in [-0.3, -0.25) is 14.6 Å². The summed E-state index contributed by atoms with van der Waals surface area (Å²) in [5, 5.41) is 12.4. The second-order valence-electron chi connectivity index (χ2n) is 7.73. The van der Waals surface area contributed by atoms with E-state index in [4.69, 9.17) is 9.73 Å². The maximum Gasteiger partial charge on any atom is 0.320 e. The summed E-state index contributed by atoms with van der Waals surface area (Å²) in [6.07, 6.45) is 2.09. The van der Waals surface area contributed by atoms with Crippen LogP contribution in [0, 0.1) is 19.8 Å². The molecule has 0 aliphatic carbocycles. The molecule has 0 bridgehead atoms. The number of aliphatic imine (C=N–C) groups is 1. The molecule has 0 saturated carbocycles. The molecule has 0 spiro atoms. The number of methoxy groups -OCH3 is 1. The molecule has 0 aliphatic rings. The highest BCUT2D eigenvalue weighted by Gasteiger charge is 2.16. The summed E-state index contributed by atoms with van der Waals surface area (Å²) in [5.74, 6) is -0.741. The summed E-state index contributed by atoms with van der Waals surface area (Å²) in [6, 6.07) is 7.10. The molecule has 0 fully saturated rings. The number of aryl methyl sites for hydroxylation is 2. The SMILES string of the molecule is COCCC(NCc1ccc(C)c(N=C(c2c[nH]c(=O)c(C)c2)C(C)C)c1)C(=O)O. The number of benzene rings is 1. The molecule has 0 saturated heterocycles. The highest BCUT2D eigenvalue weighted by Crippen LogP contribution is 2.23. The van der Waals surface area contributed by atoms with Crippen LogP contribution in [0.5, 0.6) is 0 Å². The Morgan fingerprint density at radius 1 is 1.23 bits per heavy atom. The molecule has 1 aromatic heterocycles. The summed E-state index contributed by atoms with van der Waals surface area (Å²) < 4.78 is 4.99. The number of nitrogens with one attached hydrogen (secondary N) is 2. The number of H-pyrrole nitrogens is 1. The minimum absolute atomic E-state index is 0.104. The van der Waals surface area contributed by atoms with E-state index in [1.165, 1.54) is 0 Å². The summed E-state index contributed by atoms with van der Waals surface area (Å²) >= 11 is 0. The number of hydrogen-bond donors (Lipinski definition) is 3. The van der Waals surface area contributed by atoms with Gasteiger partial charge in [0.2, 0.25) is 0 Å². The van der Waals surface area contributed by atoms with Gasteiger partial charge < -0.3 is 20.1 Å². The van der Waals surface area contributed by atoms with E-state index in [0.29, 0.717) is 25.1 Å². The van der Waals surface area contributed by atoms with E-state index in [2.05, 4.69) is 24.1 Å². The predicted molar refractivity (Wildman–Crippen MR) is 119 cm³/mol. The van der Waals surface area contributed by atoms with Gasteiger partial charge in [0.25, 0.3) is 5.56 Å². The predicted octanol–water partition coefficient (Wildman–Crippen LogP) is 3.35. The number of ether oxygens (including phenoxy) is 1. The van der Waals surface area contributed by atoms with Crippen molar-refractivity contribution in [1.29, 1.82) is 0 Å². The van der Waals surface area contributed by atoms with Crippen molar-refractivity contribution >= 4 is 17.4 Å². The zero-order chi connectivity index (χ0) is 22.3. The van der Waals surface area contributed by atoms with Gasteiger partial charge in [0.15, 0.2) is 0 Å². The van der Waals surface area contributed by atoms with Crippen LogP contribution in [-0.2, 0) is 16.1 Å². The highest BCUT2D eigenvalue weighted by atomic mass is 16.5. The maximum atomic E-state index is 11.7. The Morgan fingerprint density at radius 3 is 2.57 bits per heavy atom. The minimum Gasteiger partial charge on any atom is -0.480 e. The molecule has 7 nitrogen and oxygen atoms in total.